The molecule has 0 saturated heterocycles. The number of unbranched alkanes of at least 4 members (excludes halogenated alkanes) is 8. The quantitative estimate of drug-likeness (QED) is 0.326. The van der Waals surface area contributed by atoms with Crippen molar-refractivity contribution in [2.75, 3.05) is 6.61 Å². The Morgan fingerprint density at radius 1 is 0.842 bits per heavy atom. The van der Waals surface area contributed by atoms with Gasteiger partial charge in [0.2, 0.25) is 0 Å². The van der Waals surface area contributed by atoms with Gasteiger partial charge in [-0.1, -0.05) is 78.6 Å². The second-order valence-corrected chi connectivity index (χ2v) is 5.69. The van der Waals surface area contributed by atoms with Crippen LogP contribution in [-0.2, 0) is 9.53 Å². The van der Waals surface area contributed by atoms with Gasteiger partial charge in [0.15, 0.2) is 0 Å². The molecule has 2 heteroatoms. The molecule has 19 heavy (non-hydrogen) atoms. The fourth-order valence-electron chi connectivity index (χ4n) is 2.16. The lowest BCUT2D eigenvalue weighted by atomic mass is 10.0. The van der Waals surface area contributed by atoms with Crippen LogP contribution in [-0.4, -0.2) is 12.6 Å². The van der Waals surface area contributed by atoms with Crippen LogP contribution < -0.4 is 0 Å². The van der Waals surface area contributed by atoms with Crippen LogP contribution in [0.3, 0.4) is 0 Å². The molecule has 0 radical (unpaired) electrons. The molecule has 1 unspecified atom stereocenters. The fourth-order valence-corrected chi connectivity index (χ4v) is 2.16. The van der Waals surface area contributed by atoms with Gasteiger partial charge in [-0.15, -0.1) is 0 Å². The first kappa shape index (κ1) is 18.5. The van der Waals surface area contributed by atoms with Crippen molar-refractivity contribution in [1.29, 1.82) is 0 Å². The largest absolute Gasteiger partial charge is 0.465 e. The van der Waals surface area contributed by atoms with Crippen molar-refractivity contribution >= 4 is 5.97 Å². The first-order valence-corrected chi connectivity index (χ1v) is 8.39. The van der Waals surface area contributed by atoms with Gasteiger partial charge >= 0.3 is 5.97 Å². The maximum atomic E-state index is 11.6. The number of hydrogen-bond donors (Lipinski definition) is 0. The molecule has 0 saturated carbocycles. The van der Waals surface area contributed by atoms with Crippen LogP contribution in [0.25, 0.3) is 0 Å². The molecule has 0 aliphatic rings. The maximum absolute atomic E-state index is 11.6. The number of esters is 1. The second-order valence-electron chi connectivity index (χ2n) is 5.69. The monoisotopic (exact) mass is 270 g/mol. The molecule has 0 aromatic carbocycles. The lowest BCUT2D eigenvalue weighted by Gasteiger charge is -2.11. The summed E-state index contributed by atoms with van der Waals surface area (Å²) in [6.07, 6.45) is 13.6. The molecule has 0 aliphatic carbocycles. The van der Waals surface area contributed by atoms with Crippen molar-refractivity contribution in [3.8, 4) is 0 Å². The summed E-state index contributed by atoms with van der Waals surface area (Å²) in [6, 6.07) is 0. The number of hydrogen-bond acceptors (Lipinski definition) is 2. The van der Waals surface area contributed by atoms with Gasteiger partial charge in [0.1, 0.15) is 0 Å². The molecule has 114 valence electrons. The van der Waals surface area contributed by atoms with Crippen molar-refractivity contribution in [1.82, 2.24) is 0 Å². The zero-order valence-electron chi connectivity index (χ0n) is 13.4. The highest BCUT2D eigenvalue weighted by atomic mass is 16.5. The molecule has 0 aromatic heterocycles. The molecule has 0 aliphatic heterocycles. The van der Waals surface area contributed by atoms with E-state index >= 15 is 0 Å². The van der Waals surface area contributed by atoms with E-state index in [2.05, 4.69) is 13.8 Å². The summed E-state index contributed by atoms with van der Waals surface area (Å²) in [4.78, 5) is 11.6. The maximum Gasteiger partial charge on any atom is 0.308 e. The van der Waals surface area contributed by atoms with E-state index in [1.54, 1.807) is 0 Å². The number of carbonyl (C=O) groups excluding carboxylic acids is 1. The lowest BCUT2D eigenvalue weighted by molar-refractivity contribution is -0.148. The summed E-state index contributed by atoms with van der Waals surface area (Å²) < 4.78 is 5.23. The van der Waals surface area contributed by atoms with Crippen LogP contribution >= 0.6 is 0 Å². The number of ether oxygens (including phenoxy) is 1. The Labute approximate surface area is 120 Å². The first-order valence-electron chi connectivity index (χ1n) is 8.39. The topological polar surface area (TPSA) is 26.3 Å². The summed E-state index contributed by atoms with van der Waals surface area (Å²) in [5.41, 5.74) is 0. The van der Waals surface area contributed by atoms with E-state index in [-0.39, 0.29) is 11.9 Å². The van der Waals surface area contributed by atoms with Gasteiger partial charge in [-0.2, -0.15) is 0 Å². The molecule has 0 fully saturated rings. The van der Waals surface area contributed by atoms with Crippen LogP contribution in [0.1, 0.15) is 91.4 Å². The van der Waals surface area contributed by atoms with Crippen molar-refractivity contribution in [2.24, 2.45) is 5.92 Å². The molecule has 0 heterocycles. The Morgan fingerprint density at radius 3 is 1.95 bits per heavy atom. The minimum atomic E-state index is -0.00334. The lowest BCUT2D eigenvalue weighted by Crippen LogP contribution is -2.15. The van der Waals surface area contributed by atoms with Crippen molar-refractivity contribution in [2.45, 2.75) is 91.4 Å². The highest BCUT2D eigenvalue weighted by Gasteiger charge is 2.13. The predicted octanol–water partition coefficient (Wildman–Crippen LogP) is 5.50. The molecular formula is C17H34O2. The van der Waals surface area contributed by atoms with Crippen LogP contribution in [0.5, 0.6) is 0 Å². The average Bonchev–Trinajstić information content (AvgIpc) is 2.41. The zero-order valence-corrected chi connectivity index (χ0v) is 13.4. The molecule has 2 nitrogen and oxygen atoms in total. The van der Waals surface area contributed by atoms with Crippen LogP contribution in [0.4, 0.5) is 0 Å². The Morgan fingerprint density at radius 2 is 1.37 bits per heavy atom. The summed E-state index contributed by atoms with van der Waals surface area (Å²) >= 11 is 0. The number of rotatable bonds is 13. The molecular weight excluding hydrogens is 236 g/mol. The molecule has 0 bridgehead atoms. The second kappa shape index (κ2) is 13.9. The summed E-state index contributed by atoms with van der Waals surface area (Å²) in [7, 11) is 0. The molecule has 0 amide bonds. The highest BCUT2D eigenvalue weighted by Crippen LogP contribution is 2.14. The minimum absolute atomic E-state index is 0.00334. The van der Waals surface area contributed by atoms with E-state index < -0.39 is 0 Å². The van der Waals surface area contributed by atoms with E-state index in [4.69, 9.17) is 4.74 Å². The highest BCUT2D eigenvalue weighted by molar-refractivity contribution is 5.71. The van der Waals surface area contributed by atoms with Crippen LogP contribution in [0.2, 0.25) is 0 Å². The third kappa shape index (κ3) is 12.3. The third-order valence-corrected chi connectivity index (χ3v) is 3.64. The molecule has 0 rings (SSSR count). The fraction of sp³-hybridized carbons (Fsp3) is 0.941. The van der Waals surface area contributed by atoms with E-state index in [0.717, 1.165) is 25.7 Å². The van der Waals surface area contributed by atoms with Crippen molar-refractivity contribution < 1.29 is 9.53 Å². The zero-order chi connectivity index (χ0) is 14.3. The van der Waals surface area contributed by atoms with E-state index in [1.807, 2.05) is 6.92 Å². The van der Waals surface area contributed by atoms with E-state index in [1.165, 1.54) is 44.9 Å². The van der Waals surface area contributed by atoms with E-state index in [9.17, 15) is 4.79 Å². The molecule has 1 atom stereocenters. The summed E-state index contributed by atoms with van der Waals surface area (Å²) in [5.74, 6) is 0.0772. The van der Waals surface area contributed by atoms with E-state index in [0.29, 0.717) is 6.61 Å². The van der Waals surface area contributed by atoms with Crippen LogP contribution in [0.15, 0.2) is 0 Å². The number of carbonyl (C=O) groups is 1. The van der Waals surface area contributed by atoms with Gasteiger partial charge < -0.3 is 4.74 Å². The van der Waals surface area contributed by atoms with Gasteiger partial charge in [0.25, 0.3) is 0 Å². The Bertz CT molecular complexity index is 201. The van der Waals surface area contributed by atoms with Crippen LogP contribution in [0, 0.1) is 5.92 Å². The van der Waals surface area contributed by atoms with Gasteiger partial charge in [0, 0.05) is 0 Å². The molecule has 0 aromatic rings. The molecule has 0 N–H and O–H groups in total. The smallest absolute Gasteiger partial charge is 0.308 e. The first-order chi connectivity index (χ1) is 9.22. The standard InChI is InChI=1S/C17H34O2/c1-4-6-8-9-10-11-12-13-14-16(3)17(18)19-15-7-5-2/h16H,4-15H2,1-3H3. The van der Waals surface area contributed by atoms with Gasteiger partial charge in [-0.05, 0) is 12.8 Å². The van der Waals surface area contributed by atoms with Crippen molar-refractivity contribution in [3.63, 3.8) is 0 Å². The van der Waals surface area contributed by atoms with Crippen molar-refractivity contribution in [3.05, 3.63) is 0 Å². The Balaban J connectivity index is 3.32. The minimum Gasteiger partial charge on any atom is -0.465 e. The van der Waals surface area contributed by atoms with Gasteiger partial charge in [0.05, 0.1) is 12.5 Å². The Kier molecular flexibility index (Phi) is 13.5. The SMILES string of the molecule is CCCCCCCCCCC(C)C(=O)OCCCC. The van der Waals surface area contributed by atoms with Gasteiger partial charge in [-0.25, -0.2) is 0 Å². The Hall–Kier alpha value is -0.530. The average molecular weight is 270 g/mol. The van der Waals surface area contributed by atoms with Gasteiger partial charge in [-0.3, -0.25) is 4.79 Å². The summed E-state index contributed by atoms with van der Waals surface area (Å²) in [6.45, 7) is 6.95. The summed E-state index contributed by atoms with van der Waals surface area (Å²) in [5, 5.41) is 0. The predicted molar refractivity (Wildman–Crippen MR) is 82.3 cm³/mol. The molecule has 0 spiro atoms. The normalized spacial score (nSPS) is 12.4. The third-order valence-electron chi connectivity index (χ3n) is 3.64.